The van der Waals surface area contributed by atoms with Crippen molar-refractivity contribution in [2.24, 2.45) is 0 Å². The van der Waals surface area contributed by atoms with Crippen LogP contribution in [0.4, 0.5) is 0 Å². The van der Waals surface area contributed by atoms with Gasteiger partial charge in [0.1, 0.15) is 0 Å². The first kappa shape index (κ1) is 10.2. The Morgan fingerprint density at radius 3 is 2.23 bits per heavy atom. The number of sulfone groups is 1. The average molecular weight is 199 g/mol. The van der Waals surface area contributed by atoms with E-state index in [0.29, 0.717) is 5.92 Å². The van der Waals surface area contributed by atoms with Gasteiger partial charge in [-0.15, -0.1) is 0 Å². The Morgan fingerprint density at radius 1 is 1.31 bits per heavy atom. The second-order valence-corrected chi connectivity index (χ2v) is 5.32. The highest BCUT2D eigenvalue weighted by Gasteiger charge is 2.08. The smallest absolute Gasteiger partial charge is 0.192 e. The van der Waals surface area contributed by atoms with Crippen LogP contribution in [0.2, 0.25) is 0 Å². The number of rotatable bonds is 2. The summed E-state index contributed by atoms with van der Waals surface area (Å²) in [6, 6.07) is 3.35. The highest BCUT2D eigenvalue weighted by molar-refractivity contribution is 7.90. The fourth-order valence-electron chi connectivity index (χ4n) is 0.953. The van der Waals surface area contributed by atoms with Gasteiger partial charge >= 0.3 is 0 Å². The third kappa shape index (κ3) is 2.52. The van der Waals surface area contributed by atoms with Crippen molar-refractivity contribution in [3.63, 3.8) is 0 Å². The molecule has 1 aromatic heterocycles. The summed E-state index contributed by atoms with van der Waals surface area (Å²) in [6.07, 6.45) is 2.77. The lowest BCUT2D eigenvalue weighted by Gasteiger charge is -2.04. The SMILES string of the molecule is CC(C)c1ccc(S(C)(=O)=O)nc1. The van der Waals surface area contributed by atoms with Crippen LogP contribution in [0.3, 0.4) is 0 Å². The van der Waals surface area contributed by atoms with Crippen molar-refractivity contribution in [1.82, 2.24) is 4.98 Å². The van der Waals surface area contributed by atoms with Crippen LogP contribution in [0.1, 0.15) is 25.3 Å². The van der Waals surface area contributed by atoms with Crippen molar-refractivity contribution >= 4 is 9.84 Å². The summed E-state index contributed by atoms with van der Waals surface area (Å²) in [6.45, 7) is 4.08. The molecule has 0 unspecified atom stereocenters. The Labute approximate surface area is 78.7 Å². The summed E-state index contributed by atoms with van der Waals surface area (Å²) in [5, 5.41) is 0.136. The van der Waals surface area contributed by atoms with Gasteiger partial charge < -0.3 is 0 Å². The number of nitrogens with zero attached hydrogens (tertiary/aromatic N) is 1. The standard InChI is InChI=1S/C9H13NO2S/c1-7(2)8-4-5-9(10-6-8)13(3,11)12/h4-7H,1-3H3. The van der Waals surface area contributed by atoms with E-state index in [9.17, 15) is 8.42 Å². The van der Waals surface area contributed by atoms with Crippen LogP contribution >= 0.6 is 0 Å². The quantitative estimate of drug-likeness (QED) is 0.727. The number of pyridine rings is 1. The third-order valence-electron chi connectivity index (χ3n) is 1.81. The zero-order chi connectivity index (χ0) is 10.1. The molecule has 1 aromatic rings. The molecule has 1 rings (SSSR count). The van der Waals surface area contributed by atoms with Gasteiger partial charge in [0.25, 0.3) is 0 Å². The van der Waals surface area contributed by atoms with Crippen molar-refractivity contribution in [2.75, 3.05) is 6.26 Å². The fraction of sp³-hybridized carbons (Fsp3) is 0.444. The molecular formula is C9H13NO2S. The molecule has 0 atom stereocenters. The molecule has 0 aliphatic rings. The minimum absolute atomic E-state index is 0.136. The molecule has 0 saturated carbocycles. The minimum atomic E-state index is -3.16. The van der Waals surface area contributed by atoms with E-state index in [1.807, 2.05) is 13.8 Å². The molecular weight excluding hydrogens is 186 g/mol. The van der Waals surface area contributed by atoms with Gasteiger partial charge in [-0.2, -0.15) is 0 Å². The van der Waals surface area contributed by atoms with E-state index in [1.165, 1.54) is 0 Å². The summed E-state index contributed by atoms with van der Waals surface area (Å²) < 4.78 is 22.1. The molecule has 0 N–H and O–H groups in total. The second kappa shape index (κ2) is 3.46. The van der Waals surface area contributed by atoms with E-state index < -0.39 is 9.84 Å². The number of aromatic nitrogens is 1. The van der Waals surface area contributed by atoms with Gasteiger partial charge in [0, 0.05) is 12.5 Å². The predicted octanol–water partition coefficient (Wildman–Crippen LogP) is 1.61. The second-order valence-electron chi connectivity index (χ2n) is 3.36. The van der Waals surface area contributed by atoms with Gasteiger partial charge in [0.15, 0.2) is 14.9 Å². The van der Waals surface area contributed by atoms with Crippen molar-refractivity contribution in [3.8, 4) is 0 Å². The zero-order valence-corrected chi connectivity index (χ0v) is 8.80. The molecule has 0 radical (unpaired) electrons. The van der Waals surface area contributed by atoms with Gasteiger partial charge in [0.2, 0.25) is 0 Å². The van der Waals surface area contributed by atoms with Crippen LogP contribution in [0, 0.1) is 0 Å². The zero-order valence-electron chi connectivity index (χ0n) is 7.98. The molecule has 72 valence electrons. The normalized spacial score (nSPS) is 12.0. The van der Waals surface area contributed by atoms with Gasteiger partial charge in [-0.05, 0) is 17.5 Å². The van der Waals surface area contributed by atoms with Gasteiger partial charge in [-0.25, -0.2) is 13.4 Å². The van der Waals surface area contributed by atoms with Crippen LogP contribution in [-0.2, 0) is 9.84 Å². The highest BCUT2D eigenvalue weighted by Crippen LogP contribution is 2.14. The first-order chi connectivity index (χ1) is 5.91. The van der Waals surface area contributed by atoms with Crippen molar-refractivity contribution in [2.45, 2.75) is 24.8 Å². The monoisotopic (exact) mass is 199 g/mol. The molecule has 0 aliphatic carbocycles. The lowest BCUT2D eigenvalue weighted by Crippen LogP contribution is -2.01. The van der Waals surface area contributed by atoms with Crippen molar-refractivity contribution < 1.29 is 8.42 Å². The summed E-state index contributed by atoms with van der Waals surface area (Å²) in [5.41, 5.74) is 1.05. The Bertz CT molecular complexity index is 379. The predicted molar refractivity (Wildman–Crippen MR) is 51.4 cm³/mol. The summed E-state index contributed by atoms with van der Waals surface area (Å²) in [4.78, 5) is 3.88. The maximum absolute atomic E-state index is 11.1. The molecule has 4 heteroatoms. The largest absolute Gasteiger partial charge is 0.244 e. The van der Waals surface area contributed by atoms with Crippen LogP contribution < -0.4 is 0 Å². The van der Waals surface area contributed by atoms with E-state index in [1.54, 1.807) is 18.3 Å². The van der Waals surface area contributed by atoms with Crippen LogP contribution in [0.25, 0.3) is 0 Å². The van der Waals surface area contributed by atoms with Crippen molar-refractivity contribution in [3.05, 3.63) is 23.9 Å². The van der Waals surface area contributed by atoms with Crippen LogP contribution in [-0.4, -0.2) is 19.7 Å². The van der Waals surface area contributed by atoms with Gasteiger partial charge in [-0.3, -0.25) is 0 Å². The summed E-state index contributed by atoms with van der Waals surface area (Å²) >= 11 is 0. The van der Waals surface area contributed by atoms with E-state index in [-0.39, 0.29) is 5.03 Å². The summed E-state index contributed by atoms with van der Waals surface area (Å²) in [5.74, 6) is 0.376. The van der Waals surface area contributed by atoms with Gasteiger partial charge in [-0.1, -0.05) is 19.9 Å². The molecule has 0 saturated heterocycles. The Balaban J connectivity index is 3.08. The molecule has 3 nitrogen and oxygen atoms in total. The molecule has 0 amide bonds. The molecule has 0 fully saturated rings. The lowest BCUT2D eigenvalue weighted by atomic mass is 10.1. The van der Waals surface area contributed by atoms with E-state index in [0.717, 1.165) is 11.8 Å². The van der Waals surface area contributed by atoms with Crippen LogP contribution in [0.5, 0.6) is 0 Å². The number of hydrogen-bond donors (Lipinski definition) is 0. The molecule has 0 aliphatic heterocycles. The van der Waals surface area contributed by atoms with Gasteiger partial charge in [0.05, 0.1) is 0 Å². The minimum Gasteiger partial charge on any atom is -0.244 e. The average Bonchev–Trinajstić information content (AvgIpc) is 2.03. The van der Waals surface area contributed by atoms with E-state index in [4.69, 9.17) is 0 Å². The molecule has 0 spiro atoms. The Hall–Kier alpha value is -0.900. The Kier molecular flexibility index (Phi) is 2.71. The molecule has 0 aromatic carbocycles. The number of hydrogen-bond acceptors (Lipinski definition) is 3. The summed E-state index contributed by atoms with van der Waals surface area (Å²) in [7, 11) is -3.16. The lowest BCUT2D eigenvalue weighted by molar-refractivity contribution is 0.598. The Morgan fingerprint density at radius 2 is 1.92 bits per heavy atom. The maximum atomic E-state index is 11.1. The highest BCUT2D eigenvalue weighted by atomic mass is 32.2. The van der Waals surface area contributed by atoms with E-state index in [2.05, 4.69) is 4.98 Å². The van der Waals surface area contributed by atoms with E-state index >= 15 is 0 Å². The van der Waals surface area contributed by atoms with Crippen molar-refractivity contribution in [1.29, 1.82) is 0 Å². The molecule has 0 bridgehead atoms. The van der Waals surface area contributed by atoms with Crippen LogP contribution in [0.15, 0.2) is 23.4 Å². The molecule has 13 heavy (non-hydrogen) atoms. The first-order valence-electron chi connectivity index (χ1n) is 4.07. The maximum Gasteiger partial charge on any atom is 0.192 e. The molecule has 1 heterocycles. The fourth-order valence-corrected chi connectivity index (χ4v) is 1.51. The third-order valence-corrected chi connectivity index (χ3v) is 2.81. The first-order valence-corrected chi connectivity index (χ1v) is 5.96. The topological polar surface area (TPSA) is 47.0 Å².